The molecular formula is C11H11NO. The molecule has 2 nitrogen and oxygen atoms in total. The van der Waals surface area contributed by atoms with E-state index in [9.17, 15) is 4.79 Å². The minimum atomic E-state index is 0.0246. The number of aryl methyl sites for hydroxylation is 1. The third-order valence-corrected chi connectivity index (χ3v) is 1.92. The lowest BCUT2D eigenvalue weighted by Gasteiger charge is -2.01. The molecule has 0 aliphatic heterocycles. The van der Waals surface area contributed by atoms with Gasteiger partial charge in [0.15, 0.2) is 5.78 Å². The summed E-state index contributed by atoms with van der Waals surface area (Å²) in [6, 6.07) is 7.34. The quantitative estimate of drug-likeness (QED) is 0.644. The zero-order valence-electron chi connectivity index (χ0n) is 7.79. The molecule has 13 heavy (non-hydrogen) atoms. The first kappa shape index (κ1) is 9.47. The minimum absolute atomic E-state index is 0.0246. The Kier molecular flexibility index (Phi) is 2.81. The molecule has 0 aromatic heterocycles. The van der Waals surface area contributed by atoms with Crippen LogP contribution in [0.25, 0.3) is 0 Å². The van der Waals surface area contributed by atoms with E-state index in [0.717, 1.165) is 5.56 Å². The molecule has 0 saturated heterocycles. The number of nitrogens with zero attached hydrogens (tertiary/aromatic N) is 1. The largest absolute Gasteiger partial charge is 0.294 e. The number of hydrogen-bond donors (Lipinski definition) is 0. The van der Waals surface area contributed by atoms with Crippen LogP contribution in [0.2, 0.25) is 0 Å². The number of carbonyl (C=O) groups excluding carboxylic acids is 1. The van der Waals surface area contributed by atoms with Crippen molar-refractivity contribution in [1.29, 1.82) is 5.26 Å². The maximum absolute atomic E-state index is 11.4. The Hall–Kier alpha value is -1.62. The second-order valence-corrected chi connectivity index (χ2v) is 2.94. The summed E-state index contributed by atoms with van der Waals surface area (Å²) in [6.45, 7) is 3.70. The van der Waals surface area contributed by atoms with Crippen LogP contribution in [0.5, 0.6) is 0 Å². The molecular weight excluding hydrogens is 162 g/mol. The highest BCUT2D eigenvalue weighted by molar-refractivity contribution is 5.98. The fourth-order valence-electron chi connectivity index (χ4n) is 1.18. The number of nitriles is 1. The maximum Gasteiger partial charge on any atom is 0.163 e. The summed E-state index contributed by atoms with van der Waals surface area (Å²) < 4.78 is 0. The molecule has 0 bridgehead atoms. The molecule has 0 atom stereocenters. The monoisotopic (exact) mass is 173 g/mol. The van der Waals surface area contributed by atoms with Gasteiger partial charge < -0.3 is 0 Å². The molecule has 1 aromatic rings. The summed E-state index contributed by atoms with van der Waals surface area (Å²) in [7, 11) is 0. The molecule has 66 valence electrons. The molecule has 0 unspecified atom stereocenters. The molecule has 2 heteroatoms. The minimum Gasteiger partial charge on any atom is -0.294 e. The fraction of sp³-hybridized carbons (Fsp3) is 0.273. The number of ketones is 1. The van der Waals surface area contributed by atoms with Crippen LogP contribution in [0.4, 0.5) is 0 Å². The molecule has 0 heterocycles. The Labute approximate surface area is 77.8 Å². The Morgan fingerprint density at radius 1 is 1.54 bits per heavy atom. The van der Waals surface area contributed by atoms with Crippen LogP contribution in [-0.2, 0) is 0 Å². The molecule has 0 amide bonds. The topological polar surface area (TPSA) is 40.9 Å². The molecule has 0 fully saturated rings. The highest BCUT2D eigenvalue weighted by Crippen LogP contribution is 2.12. The lowest BCUT2D eigenvalue weighted by atomic mass is 10.0. The van der Waals surface area contributed by atoms with Gasteiger partial charge >= 0.3 is 0 Å². The van der Waals surface area contributed by atoms with Crippen LogP contribution in [-0.4, -0.2) is 5.78 Å². The SMILES string of the molecule is CCC(=O)c1ccc(C)cc1C#N. The summed E-state index contributed by atoms with van der Waals surface area (Å²) in [5, 5.41) is 8.79. The molecule has 0 N–H and O–H groups in total. The first-order valence-electron chi connectivity index (χ1n) is 4.23. The van der Waals surface area contributed by atoms with Crippen LogP contribution >= 0.6 is 0 Å². The standard InChI is InChI=1S/C11H11NO/c1-3-11(13)10-5-4-8(2)6-9(10)7-12/h4-6H,3H2,1-2H3. The Morgan fingerprint density at radius 2 is 2.23 bits per heavy atom. The zero-order chi connectivity index (χ0) is 9.84. The predicted octanol–water partition coefficient (Wildman–Crippen LogP) is 2.46. The summed E-state index contributed by atoms with van der Waals surface area (Å²) in [5.41, 5.74) is 2.02. The summed E-state index contributed by atoms with van der Waals surface area (Å²) >= 11 is 0. The van der Waals surface area contributed by atoms with Gasteiger partial charge in [0.25, 0.3) is 0 Å². The third-order valence-electron chi connectivity index (χ3n) is 1.92. The van der Waals surface area contributed by atoms with Crippen molar-refractivity contribution in [2.24, 2.45) is 0 Å². The average Bonchev–Trinajstić information content (AvgIpc) is 2.16. The number of Topliss-reactive ketones (excluding diaryl/α,β-unsaturated/α-hetero) is 1. The second kappa shape index (κ2) is 3.86. The third kappa shape index (κ3) is 1.94. The van der Waals surface area contributed by atoms with Gasteiger partial charge in [-0.15, -0.1) is 0 Å². The normalized spacial score (nSPS) is 9.31. The van der Waals surface area contributed by atoms with Gasteiger partial charge in [-0.3, -0.25) is 4.79 Å². The van der Waals surface area contributed by atoms with Gasteiger partial charge in [0.05, 0.1) is 11.6 Å². The number of carbonyl (C=O) groups is 1. The van der Waals surface area contributed by atoms with Gasteiger partial charge in [-0.05, 0) is 24.6 Å². The van der Waals surface area contributed by atoms with Crippen molar-refractivity contribution in [1.82, 2.24) is 0 Å². The van der Waals surface area contributed by atoms with Crippen LogP contribution in [0.1, 0.15) is 34.8 Å². The lowest BCUT2D eigenvalue weighted by Crippen LogP contribution is -2.00. The summed E-state index contributed by atoms with van der Waals surface area (Å²) in [4.78, 5) is 11.4. The molecule has 1 aromatic carbocycles. The van der Waals surface area contributed by atoms with Gasteiger partial charge in [0.1, 0.15) is 0 Å². The molecule has 0 spiro atoms. The summed E-state index contributed by atoms with van der Waals surface area (Å²) in [6.07, 6.45) is 0.442. The highest BCUT2D eigenvalue weighted by atomic mass is 16.1. The predicted molar refractivity (Wildman–Crippen MR) is 50.5 cm³/mol. The van der Waals surface area contributed by atoms with Gasteiger partial charge in [-0.1, -0.05) is 13.0 Å². The van der Waals surface area contributed by atoms with Gasteiger partial charge in [-0.25, -0.2) is 0 Å². The summed E-state index contributed by atoms with van der Waals surface area (Å²) in [5.74, 6) is 0.0246. The van der Waals surface area contributed by atoms with Crippen molar-refractivity contribution in [3.63, 3.8) is 0 Å². The van der Waals surface area contributed by atoms with Crippen LogP contribution in [0.15, 0.2) is 18.2 Å². The number of benzene rings is 1. The van der Waals surface area contributed by atoms with Gasteiger partial charge in [0, 0.05) is 12.0 Å². The van der Waals surface area contributed by atoms with Crippen LogP contribution in [0.3, 0.4) is 0 Å². The van der Waals surface area contributed by atoms with Crippen LogP contribution < -0.4 is 0 Å². The van der Waals surface area contributed by atoms with E-state index in [-0.39, 0.29) is 5.78 Å². The Morgan fingerprint density at radius 3 is 2.77 bits per heavy atom. The van der Waals surface area contributed by atoms with E-state index in [0.29, 0.717) is 17.5 Å². The maximum atomic E-state index is 11.4. The van der Waals surface area contributed by atoms with E-state index < -0.39 is 0 Å². The first-order valence-corrected chi connectivity index (χ1v) is 4.23. The van der Waals surface area contributed by atoms with Crippen molar-refractivity contribution in [2.45, 2.75) is 20.3 Å². The smallest absolute Gasteiger partial charge is 0.163 e. The van der Waals surface area contributed by atoms with E-state index in [1.54, 1.807) is 19.1 Å². The van der Waals surface area contributed by atoms with E-state index in [2.05, 4.69) is 0 Å². The van der Waals surface area contributed by atoms with Crippen LogP contribution in [0, 0.1) is 18.3 Å². The number of rotatable bonds is 2. The number of hydrogen-bond acceptors (Lipinski definition) is 2. The van der Waals surface area contributed by atoms with Crippen molar-refractivity contribution in [3.05, 3.63) is 34.9 Å². The van der Waals surface area contributed by atoms with E-state index in [1.165, 1.54) is 0 Å². The van der Waals surface area contributed by atoms with E-state index in [1.807, 2.05) is 19.1 Å². The van der Waals surface area contributed by atoms with Crippen molar-refractivity contribution < 1.29 is 4.79 Å². The van der Waals surface area contributed by atoms with E-state index in [4.69, 9.17) is 5.26 Å². The van der Waals surface area contributed by atoms with Gasteiger partial charge in [-0.2, -0.15) is 5.26 Å². The highest BCUT2D eigenvalue weighted by Gasteiger charge is 2.08. The Bertz CT molecular complexity index is 374. The molecule has 0 saturated carbocycles. The Balaban J connectivity index is 3.23. The van der Waals surface area contributed by atoms with Crippen molar-refractivity contribution >= 4 is 5.78 Å². The zero-order valence-corrected chi connectivity index (χ0v) is 7.79. The molecule has 0 aliphatic carbocycles. The van der Waals surface area contributed by atoms with E-state index >= 15 is 0 Å². The molecule has 0 radical (unpaired) electrons. The second-order valence-electron chi connectivity index (χ2n) is 2.94. The molecule has 1 rings (SSSR count). The van der Waals surface area contributed by atoms with Gasteiger partial charge in [0.2, 0.25) is 0 Å². The first-order chi connectivity index (χ1) is 6.19. The average molecular weight is 173 g/mol. The lowest BCUT2D eigenvalue weighted by molar-refractivity contribution is 0.0988. The van der Waals surface area contributed by atoms with Crippen molar-refractivity contribution in [3.8, 4) is 6.07 Å². The molecule has 0 aliphatic rings. The van der Waals surface area contributed by atoms with Crippen molar-refractivity contribution in [2.75, 3.05) is 0 Å². The fourth-order valence-corrected chi connectivity index (χ4v) is 1.18.